The smallest absolute Gasteiger partial charge is 0.183 e. The Labute approximate surface area is 121 Å². The highest BCUT2D eigenvalue weighted by Crippen LogP contribution is 2.26. The van der Waals surface area contributed by atoms with E-state index in [1.54, 1.807) is 42.5 Å². The van der Waals surface area contributed by atoms with Crippen LogP contribution in [-0.4, -0.2) is 8.42 Å². The lowest BCUT2D eigenvalue weighted by Gasteiger charge is -2.10. The van der Waals surface area contributed by atoms with E-state index in [2.05, 4.69) is 15.9 Å². The van der Waals surface area contributed by atoms with Crippen LogP contribution < -0.4 is 5.73 Å². The highest BCUT2D eigenvalue weighted by molar-refractivity contribution is 9.10. The maximum Gasteiger partial charge on any atom is 0.183 e. The fourth-order valence-electron chi connectivity index (χ4n) is 1.84. The van der Waals surface area contributed by atoms with Crippen LogP contribution in [0, 0.1) is 6.92 Å². The molecule has 0 atom stereocenters. The zero-order valence-corrected chi connectivity index (χ0v) is 12.8. The monoisotopic (exact) mass is 339 g/mol. The van der Waals surface area contributed by atoms with E-state index in [0.29, 0.717) is 15.1 Å². The van der Waals surface area contributed by atoms with E-state index in [4.69, 9.17) is 5.73 Å². The minimum Gasteiger partial charge on any atom is -0.399 e. The Kier molecular flexibility index (Phi) is 3.96. The molecule has 100 valence electrons. The average molecular weight is 340 g/mol. The van der Waals surface area contributed by atoms with Crippen molar-refractivity contribution in [3.05, 3.63) is 58.1 Å². The van der Waals surface area contributed by atoms with Crippen LogP contribution in [0.1, 0.15) is 11.1 Å². The summed E-state index contributed by atoms with van der Waals surface area (Å²) < 4.78 is 25.4. The summed E-state index contributed by atoms with van der Waals surface area (Å²) in [6.07, 6.45) is 0. The van der Waals surface area contributed by atoms with Gasteiger partial charge in [0.1, 0.15) is 0 Å². The molecule has 0 unspecified atom stereocenters. The Balaban J connectivity index is 2.43. The number of nitrogens with two attached hydrogens (primary N) is 1. The second-order valence-electron chi connectivity index (χ2n) is 4.32. The van der Waals surface area contributed by atoms with Gasteiger partial charge >= 0.3 is 0 Å². The molecule has 0 spiro atoms. The van der Waals surface area contributed by atoms with Crippen molar-refractivity contribution in [3.63, 3.8) is 0 Å². The van der Waals surface area contributed by atoms with Crippen molar-refractivity contribution in [2.75, 3.05) is 5.73 Å². The molecule has 2 aromatic rings. The van der Waals surface area contributed by atoms with E-state index >= 15 is 0 Å². The van der Waals surface area contributed by atoms with Crippen LogP contribution in [-0.2, 0) is 15.6 Å². The van der Waals surface area contributed by atoms with Gasteiger partial charge in [0, 0.05) is 10.2 Å². The van der Waals surface area contributed by atoms with Crippen molar-refractivity contribution in [1.29, 1.82) is 0 Å². The normalized spacial score (nSPS) is 11.5. The highest BCUT2D eigenvalue weighted by atomic mass is 79.9. The second kappa shape index (κ2) is 5.35. The molecule has 2 N–H and O–H groups in total. The van der Waals surface area contributed by atoms with Gasteiger partial charge in [-0.2, -0.15) is 0 Å². The number of nitrogen functional groups attached to an aromatic ring is 1. The van der Waals surface area contributed by atoms with Crippen molar-refractivity contribution in [1.82, 2.24) is 0 Å². The van der Waals surface area contributed by atoms with E-state index in [1.165, 1.54) is 0 Å². The SMILES string of the molecule is Cc1c(N)cccc1CS(=O)(=O)c1ccccc1Br. The number of benzene rings is 2. The van der Waals surface area contributed by atoms with Gasteiger partial charge in [-0.25, -0.2) is 8.42 Å². The summed E-state index contributed by atoms with van der Waals surface area (Å²) in [6, 6.07) is 12.1. The molecule has 0 saturated carbocycles. The van der Waals surface area contributed by atoms with Gasteiger partial charge in [0.25, 0.3) is 0 Å². The molecule has 0 aromatic heterocycles. The van der Waals surface area contributed by atoms with Gasteiger partial charge in [-0.15, -0.1) is 0 Å². The molecule has 0 aliphatic carbocycles. The van der Waals surface area contributed by atoms with Crippen LogP contribution in [0.5, 0.6) is 0 Å². The number of sulfone groups is 1. The van der Waals surface area contributed by atoms with Gasteiger partial charge in [-0.3, -0.25) is 0 Å². The third-order valence-electron chi connectivity index (χ3n) is 3.01. The summed E-state index contributed by atoms with van der Waals surface area (Å²) >= 11 is 3.27. The molecule has 5 heteroatoms. The first-order valence-corrected chi connectivity index (χ1v) is 8.17. The van der Waals surface area contributed by atoms with Crippen LogP contribution in [0.2, 0.25) is 0 Å². The fourth-order valence-corrected chi connectivity index (χ4v) is 4.39. The lowest BCUT2D eigenvalue weighted by molar-refractivity contribution is 0.594. The predicted molar refractivity (Wildman–Crippen MR) is 80.6 cm³/mol. The molecular formula is C14H14BrNO2S. The molecule has 3 nitrogen and oxygen atoms in total. The zero-order valence-electron chi connectivity index (χ0n) is 10.4. The number of hydrogen-bond acceptors (Lipinski definition) is 3. The quantitative estimate of drug-likeness (QED) is 0.872. The number of halogens is 1. The molecule has 0 aliphatic rings. The van der Waals surface area contributed by atoms with Crippen LogP contribution in [0.3, 0.4) is 0 Å². The first-order chi connectivity index (χ1) is 8.92. The molecule has 0 amide bonds. The Morgan fingerprint density at radius 1 is 1.11 bits per heavy atom. The van der Waals surface area contributed by atoms with Crippen molar-refractivity contribution in [2.24, 2.45) is 0 Å². The Morgan fingerprint density at radius 3 is 2.47 bits per heavy atom. The molecule has 2 rings (SSSR count). The molecule has 0 radical (unpaired) electrons. The first kappa shape index (κ1) is 14.1. The topological polar surface area (TPSA) is 60.2 Å². The van der Waals surface area contributed by atoms with Gasteiger partial charge in [-0.05, 0) is 52.2 Å². The van der Waals surface area contributed by atoms with E-state index in [-0.39, 0.29) is 5.75 Å². The fraction of sp³-hybridized carbons (Fsp3) is 0.143. The van der Waals surface area contributed by atoms with Gasteiger partial charge in [0.2, 0.25) is 0 Å². The molecule has 0 bridgehead atoms. The summed E-state index contributed by atoms with van der Waals surface area (Å²) in [5.74, 6) is -0.0491. The largest absolute Gasteiger partial charge is 0.399 e. The van der Waals surface area contributed by atoms with Gasteiger partial charge in [0.15, 0.2) is 9.84 Å². The molecular weight excluding hydrogens is 326 g/mol. The van der Waals surface area contributed by atoms with E-state index in [0.717, 1.165) is 11.1 Å². The number of rotatable bonds is 3. The third kappa shape index (κ3) is 2.98. The van der Waals surface area contributed by atoms with E-state index in [9.17, 15) is 8.42 Å². The molecule has 19 heavy (non-hydrogen) atoms. The standard InChI is InChI=1S/C14H14BrNO2S/c1-10-11(5-4-7-13(10)16)9-19(17,18)14-8-3-2-6-12(14)15/h2-8H,9,16H2,1H3. The molecule has 0 heterocycles. The van der Waals surface area contributed by atoms with Crippen molar-refractivity contribution in [2.45, 2.75) is 17.6 Å². The minimum atomic E-state index is -3.39. The van der Waals surface area contributed by atoms with Crippen LogP contribution >= 0.6 is 15.9 Å². The lowest BCUT2D eigenvalue weighted by atomic mass is 10.1. The van der Waals surface area contributed by atoms with E-state index in [1.807, 2.05) is 6.92 Å². The summed E-state index contributed by atoms with van der Waals surface area (Å²) in [5.41, 5.74) is 7.96. The van der Waals surface area contributed by atoms with Crippen LogP contribution in [0.4, 0.5) is 5.69 Å². The van der Waals surface area contributed by atoms with Crippen molar-refractivity contribution in [3.8, 4) is 0 Å². The minimum absolute atomic E-state index is 0.0491. The average Bonchev–Trinajstić information content (AvgIpc) is 2.35. The maximum atomic E-state index is 12.4. The summed E-state index contributed by atoms with van der Waals surface area (Å²) in [7, 11) is -3.39. The van der Waals surface area contributed by atoms with Gasteiger partial charge in [-0.1, -0.05) is 24.3 Å². The Bertz CT molecular complexity index is 711. The third-order valence-corrected chi connectivity index (χ3v) is 5.68. The predicted octanol–water partition coefficient (Wildman–Crippen LogP) is 3.31. The maximum absolute atomic E-state index is 12.4. The first-order valence-electron chi connectivity index (χ1n) is 5.73. The van der Waals surface area contributed by atoms with Crippen LogP contribution in [0.15, 0.2) is 51.8 Å². The van der Waals surface area contributed by atoms with Crippen molar-refractivity contribution >= 4 is 31.5 Å². The number of hydrogen-bond donors (Lipinski definition) is 1. The summed E-state index contributed by atoms with van der Waals surface area (Å²) in [6.45, 7) is 1.83. The Hall–Kier alpha value is -1.33. The number of anilines is 1. The Morgan fingerprint density at radius 2 is 1.79 bits per heavy atom. The molecule has 0 fully saturated rings. The highest BCUT2D eigenvalue weighted by Gasteiger charge is 2.19. The summed E-state index contributed by atoms with van der Waals surface area (Å²) in [4.78, 5) is 0.303. The van der Waals surface area contributed by atoms with Gasteiger partial charge in [0.05, 0.1) is 10.6 Å². The van der Waals surface area contributed by atoms with E-state index < -0.39 is 9.84 Å². The zero-order chi connectivity index (χ0) is 14.0. The summed E-state index contributed by atoms with van der Waals surface area (Å²) in [5, 5.41) is 0. The van der Waals surface area contributed by atoms with Gasteiger partial charge < -0.3 is 5.73 Å². The van der Waals surface area contributed by atoms with Crippen molar-refractivity contribution < 1.29 is 8.42 Å². The molecule has 0 aliphatic heterocycles. The molecule has 0 saturated heterocycles. The lowest BCUT2D eigenvalue weighted by Crippen LogP contribution is -2.07. The molecule has 2 aromatic carbocycles. The van der Waals surface area contributed by atoms with Crippen LogP contribution in [0.25, 0.3) is 0 Å². The second-order valence-corrected chi connectivity index (χ2v) is 7.13.